The smallest absolute Gasteiger partial charge is 0.269 e. The molecule has 0 saturated carbocycles. The fraction of sp³-hybridized carbons (Fsp3) is 0.194. The summed E-state index contributed by atoms with van der Waals surface area (Å²) in [5.41, 5.74) is 9.13. The number of hydrogen-bond donors (Lipinski definition) is 3. The number of amides is 3. The number of nitrogen functional groups attached to an aromatic ring is 1. The number of nitrogens with two attached hydrogens (primary N) is 2. The summed E-state index contributed by atoms with van der Waals surface area (Å²) in [6.45, 7) is 6.54. The molecule has 10 nitrogen and oxygen atoms in total. The van der Waals surface area contributed by atoms with Gasteiger partial charge in [-0.1, -0.05) is 56.0 Å². The molecule has 1 saturated heterocycles. The Kier molecular flexibility index (Phi) is 7.64. The number of imidazole rings is 1. The van der Waals surface area contributed by atoms with E-state index < -0.39 is 11.9 Å². The maximum Gasteiger partial charge on any atom is 0.269 e. The van der Waals surface area contributed by atoms with Crippen LogP contribution in [0.25, 0.3) is 16.8 Å². The topological polar surface area (TPSA) is 149 Å². The van der Waals surface area contributed by atoms with Gasteiger partial charge in [0.05, 0.1) is 6.04 Å². The highest BCUT2D eigenvalue weighted by Gasteiger charge is 2.36. The third kappa shape index (κ3) is 5.44. The molecule has 0 radical (unpaired) electrons. The second-order valence-electron chi connectivity index (χ2n) is 9.84. The molecule has 0 aliphatic carbocycles. The van der Waals surface area contributed by atoms with Crippen LogP contribution in [0.1, 0.15) is 63.6 Å². The number of likely N-dealkylation sites (tertiary alicyclic amines) is 1. The molecule has 1 aliphatic rings. The summed E-state index contributed by atoms with van der Waals surface area (Å²) >= 11 is 0. The highest BCUT2D eigenvalue weighted by Crippen LogP contribution is 2.36. The van der Waals surface area contributed by atoms with E-state index in [0.717, 1.165) is 24.0 Å². The molecule has 0 bridgehead atoms. The first kappa shape index (κ1) is 27.3. The lowest BCUT2D eigenvalue weighted by atomic mass is 10.1. The van der Waals surface area contributed by atoms with Gasteiger partial charge in [-0.25, -0.2) is 14.6 Å². The summed E-state index contributed by atoms with van der Waals surface area (Å²) in [7, 11) is 0. The maximum atomic E-state index is 13.4. The van der Waals surface area contributed by atoms with Gasteiger partial charge in [-0.15, -0.1) is 0 Å². The van der Waals surface area contributed by atoms with Crippen LogP contribution >= 0.6 is 0 Å². The average Bonchev–Trinajstić information content (AvgIpc) is 3.61. The summed E-state index contributed by atoms with van der Waals surface area (Å²) in [6.07, 6.45) is 3.84. The molecule has 1 atom stereocenters. The van der Waals surface area contributed by atoms with Crippen molar-refractivity contribution in [1.29, 1.82) is 0 Å². The molecule has 4 aromatic rings. The number of nitrogens with one attached hydrogen (secondary N) is 1. The molecule has 1 fully saturated rings. The van der Waals surface area contributed by atoms with Gasteiger partial charge in [0.1, 0.15) is 11.5 Å². The van der Waals surface area contributed by atoms with Gasteiger partial charge < -0.3 is 21.8 Å². The lowest BCUT2D eigenvalue weighted by Crippen LogP contribution is -2.34. The summed E-state index contributed by atoms with van der Waals surface area (Å²) in [4.78, 5) is 49.3. The van der Waals surface area contributed by atoms with Gasteiger partial charge in [0.15, 0.2) is 11.5 Å². The van der Waals surface area contributed by atoms with E-state index in [2.05, 4.69) is 16.9 Å². The first-order valence-electron chi connectivity index (χ1n) is 13.4. The van der Waals surface area contributed by atoms with Crippen molar-refractivity contribution < 1.29 is 14.4 Å². The van der Waals surface area contributed by atoms with Crippen LogP contribution in [-0.4, -0.2) is 43.8 Å². The largest absolute Gasteiger partial charge is 0.364 e. The van der Waals surface area contributed by atoms with Crippen LogP contribution in [0.4, 0.5) is 5.82 Å². The summed E-state index contributed by atoms with van der Waals surface area (Å²) in [5, 5.41) is 2.80. The molecule has 1 aliphatic heterocycles. The van der Waals surface area contributed by atoms with Gasteiger partial charge >= 0.3 is 0 Å². The van der Waals surface area contributed by atoms with Crippen LogP contribution in [0, 0.1) is 0 Å². The Hall–Kier alpha value is -5.25. The summed E-state index contributed by atoms with van der Waals surface area (Å²) in [6, 6.07) is 19.1. The number of carbonyl (C=O) groups excluding carboxylic acids is 3. The van der Waals surface area contributed by atoms with E-state index in [9.17, 15) is 14.4 Å². The Morgan fingerprint density at radius 2 is 1.78 bits per heavy atom. The summed E-state index contributed by atoms with van der Waals surface area (Å²) < 4.78 is 1.17. The Morgan fingerprint density at radius 1 is 1.05 bits per heavy atom. The zero-order chi connectivity index (χ0) is 29.1. The van der Waals surface area contributed by atoms with Crippen molar-refractivity contribution in [1.82, 2.24) is 19.5 Å². The highest BCUT2D eigenvalue weighted by atomic mass is 16.2. The normalized spacial score (nSPS) is 14.6. The van der Waals surface area contributed by atoms with Crippen molar-refractivity contribution in [3.63, 3.8) is 0 Å². The van der Waals surface area contributed by atoms with Crippen molar-refractivity contribution >= 4 is 29.1 Å². The molecular formula is C31H31N7O3. The molecule has 2 aromatic heterocycles. The number of rotatable bonds is 8. The van der Waals surface area contributed by atoms with Gasteiger partial charge in [-0.3, -0.25) is 14.4 Å². The van der Waals surface area contributed by atoms with Gasteiger partial charge in [-0.2, -0.15) is 0 Å². The molecule has 208 valence electrons. The van der Waals surface area contributed by atoms with Crippen molar-refractivity contribution in [3.8, 4) is 11.3 Å². The first-order valence-corrected chi connectivity index (χ1v) is 13.4. The Labute approximate surface area is 237 Å². The number of aryl methyl sites for hydroxylation is 1. The second-order valence-corrected chi connectivity index (χ2v) is 9.84. The number of nitrogens with zero attached hydrogens (tertiary/aromatic N) is 4. The van der Waals surface area contributed by atoms with Crippen LogP contribution in [-0.2, 0) is 11.2 Å². The predicted octanol–water partition coefficient (Wildman–Crippen LogP) is 3.95. The quantitative estimate of drug-likeness (QED) is 0.224. The van der Waals surface area contributed by atoms with E-state index in [0.29, 0.717) is 41.3 Å². The monoisotopic (exact) mass is 549 g/mol. The van der Waals surface area contributed by atoms with E-state index in [1.54, 1.807) is 35.4 Å². The minimum atomic E-state index is -0.755. The fourth-order valence-electron chi connectivity index (χ4n) is 5.07. The molecule has 0 spiro atoms. The van der Waals surface area contributed by atoms with E-state index in [-0.39, 0.29) is 23.2 Å². The van der Waals surface area contributed by atoms with Gasteiger partial charge in [0, 0.05) is 29.4 Å². The van der Waals surface area contributed by atoms with Crippen LogP contribution in [0.15, 0.2) is 79.5 Å². The third-order valence-electron chi connectivity index (χ3n) is 7.26. The molecule has 1 unspecified atom stereocenters. The van der Waals surface area contributed by atoms with Crippen LogP contribution < -0.4 is 16.9 Å². The maximum absolute atomic E-state index is 13.4. The van der Waals surface area contributed by atoms with Gasteiger partial charge in [0.2, 0.25) is 0 Å². The van der Waals surface area contributed by atoms with Crippen LogP contribution in [0.5, 0.6) is 0 Å². The molecule has 10 heteroatoms. The highest BCUT2D eigenvalue weighted by molar-refractivity contribution is 6.18. The lowest BCUT2D eigenvalue weighted by Gasteiger charge is -2.25. The first-order chi connectivity index (χ1) is 19.8. The van der Waals surface area contributed by atoms with Crippen molar-refractivity contribution in [2.24, 2.45) is 5.73 Å². The number of anilines is 1. The van der Waals surface area contributed by atoms with Crippen LogP contribution in [0.3, 0.4) is 0 Å². The predicted molar refractivity (Wildman–Crippen MR) is 157 cm³/mol. The third-order valence-corrected chi connectivity index (χ3v) is 7.26. The standard InChI is InChI=1S/C31H31N7O3/c1-3-20-15-16-34-25(18-20)35-30(40)23-13-11-22(12-14-23)26-27(28(32)39)38(33)29(36-26)24-10-7-17-37(24)31(41)19(2)21-8-5-4-6-9-21/h4-6,8-9,11-16,18,24H,2-3,7,10,17,33H2,1H3,(H2,32,39)(H,34,35,40). The average molecular weight is 550 g/mol. The zero-order valence-corrected chi connectivity index (χ0v) is 22.7. The Morgan fingerprint density at radius 3 is 2.46 bits per heavy atom. The van der Waals surface area contributed by atoms with Gasteiger partial charge in [0.25, 0.3) is 17.7 Å². The zero-order valence-electron chi connectivity index (χ0n) is 22.7. The molecule has 3 amide bonds. The molecule has 3 heterocycles. The SMILES string of the molecule is C=C(C(=O)N1CCCC1c1nc(-c2ccc(C(=O)Nc3cc(CC)ccn3)cc2)c(C(N)=O)n1N)c1ccccc1. The Bertz CT molecular complexity index is 1630. The van der Waals surface area contributed by atoms with Crippen molar-refractivity contribution in [2.75, 3.05) is 17.7 Å². The fourth-order valence-corrected chi connectivity index (χ4v) is 5.07. The number of carbonyl (C=O) groups is 3. The summed E-state index contributed by atoms with van der Waals surface area (Å²) in [5.74, 6) is 5.90. The Balaban J connectivity index is 1.41. The number of primary amides is 1. The molecule has 41 heavy (non-hydrogen) atoms. The number of benzene rings is 2. The minimum Gasteiger partial charge on any atom is -0.364 e. The number of hydrogen-bond acceptors (Lipinski definition) is 6. The number of aromatic nitrogens is 3. The molecule has 5 rings (SSSR count). The van der Waals surface area contributed by atoms with Gasteiger partial charge in [-0.05, 0) is 54.7 Å². The van der Waals surface area contributed by atoms with E-state index in [4.69, 9.17) is 16.6 Å². The van der Waals surface area contributed by atoms with E-state index in [1.165, 1.54) is 4.68 Å². The number of pyridine rings is 1. The van der Waals surface area contributed by atoms with Crippen molar-refractivity contribution in [2.45, 2.75) is 32.2 Å². The molecule has 5 N–H and O–H groups in total. The molecule has 2 aromatic carbocycles. The minimum absolute atomic E-state index is 0.0129. The van der Waals surface area contributed by atoms with Crippen molar-refractivity contribution in [3.05, 3.63) is 108 Å². The lowest BCUT2D eigenvalue weighted by molar-refractivity contribution is -0.126. The van der Waals surface area contributed by atoms with E-state index in [1.807, 2.05) is 49.4 Å². The molecular weight excluding hydrogens is 518 g/mol. The van der Waals surface area contributed by atoms with E-state index >= 15 is 0 Å². The second kappa shape index (κ2) is 11.5. The van der Waals surface area contributed by atoms with Crippen LogP contribution in [0.2, 0.25) is 0 Å².